The minimum absolute atomic E-state index is 0.0456. The van der Waals surface area contributed by atoms with Gasteiger partial charge in [-0.05, 0) is 51.1 Å². The van der Waals surface area contributed by atoms with Crippen LogP contribution in [0.5, 0.6) is 0 Å². The van der Waals surface area contributed by atoms with Crippen LogP contribution in [-0.2, 0) is 11.3 Å². The SMILES string of the molecule is CCOC(=O)c1c(C)[nH]c(C(=O)CN(C)Cc2ccc(Br)cc2)c1C. The molecule has 0 bridgehead atoms. The van der Waals surface area contributed by atoms with E-state index in [0.717, 1.165) is 10.0 Å². The van der Waals surface area contributed by atoms with Gasteiger partial charge in [0.25, 0.3) is 0 Å². The molecule has 2 aromatic rings. The number of rotatable bonds is 7. The maximum atomic E-state index is 12.6. The van der Waals surface area contributed by atoms with Crippen molar-refractivity contribution in [2.45, 2.75) is 27.3 Å². The fourth-order valence-electron chi connectivity index (χ4n) is 2.82. The maximum absolute atomic E-state index is 12.6. The van der Waals surface area contributed by atoms with E-state index in [0.29, 0.717) is 35.7 Å². The summed E-state index contributed by atoms with van der Waals surface area (Å²) in [4.78, 5) is 29.7. The van der Waals surface area contributed by atoms with Gasteiger partial charge in [0, 0.05) is 16.7 Å². The van der Waals surface area contributed by atoms with Gasteiger partial charge in [0.05, 0.1) is 24.4 Å². The number of aromatic amines is 1. The van der Waals surface area contributed by atoms with Gasteiger partial charge in [-0.3, -0.25) is 9.69 Å². The summed E-state index contributed by atoms with van der Waals surface area (Å²) in [5.41, 5.74) is 3.38. The van der Waals surface area contributed by atoms with Crippen molar-refractivity contribution in [2.24, 2.45) is 0 Å². The molecule has 134 valence electrons. The van der Waals surface area contributed by atoms with Crippen molar-refractivity contribution in [3.8, 4) is 0 Å². The number of nitrogens with zero attached hydrogens (tertiary/aromatic N) is 1. The Bertz CT molecular complexity index is 766. The molecule has 6 heteroatoms. The molecule has 0 amide bonds. The molecule has 0 unspecified atom stereocenters. The van der Waals surface area contributed by atoms with Crippen molar-refractivity contribution in [2.75, 3.05) is 20.2 Å². The predicted molar refractivity (Wildman–Crippen MR) is 101 cm³/mol. The van der Waals surface area contributed by atoms with E-state index < -0.39 is 5.97 Å². The predicted octanol–water partition coefficient (Wildman–Crippen LogP) is 3.89. The van der Waals surface area contributed by atoms with Crippen molar-refractivity contribution in [3.63, 3.8) is 0 Å². The van der Waals surface area contributed by atoms with Crippen molar-refractivity contribution < 1.29 is 14.3 Å². The largest absolute Gasteiger partial charge is 0.462 e. The number of esters is 1. The lowest BCUT2D eigenvalue weighted by molar-refractivity contribution is 0.0525. The van der Waals surface area contributed by atoms with Crippen LogP contribution in [0.15, 0.2) is 28.7 Å². The first-order chi connectivity index (χ1) is 11.8. The van der Waals surface area contributed by atoms with E-state index in [9.17, 15) is 9.59 Å². The minimum atomic E-state index is -0.393. The first kappa shape index (κ1) is 19.4. The Morgan fingerprint density at radius 2 is 1.84 bits per heavy atom. The van der Waals surface area contributed by atoms with Crippen LogP contribution in [0, 0.1) is 13.8 Å². The zero-order chi connectivity index (χ0) is 18.6. The molecular formula is C19H23BrN2O3. The molecule has 25 heavy (non-hydrogen) atoms. The number of ketones is 1. The summed E-state index contributed by atoms with van der Waals surface area (Å²) >= 11 is 3.41. The summed E-state index contributed by atoms with van der Waals surface area (Å²) in [5.74, 6) is -0.438. The molecule has 0 atom stereocenters. The normalized spacial score (nSPS) is 11.0. The van der Waals surface area contributed by atoms with E-state index >= 15 is 0 Å². The molecule has 0 saturated carbocycles. The number of Topliss-reactive ketones (excluding diaryl/α,β-unsaturated/α-hetero) is 1. The fourth-order valence-corrected chi connectivity index (χ4v) is 3.08. The third-order valence-corrected chi connectivity index (χ3v) is 4.50. The number of likely N-dealkylation sites (N-methyl/N-ethyl adjacent to an activating group) is 1. The van der Waals surface area contributed by atoms with Crippen LogP contribution < -0.4 is 0 Å². The number of carbonyl (C=O) groups is 2. The van der Waals surface area contributed by atoms with Gasteiger partial charge in [-0.15, -0.1) is 0 Å². The number of H-pyrrole nitrogens is 1. The average molecular weight is 407 g/mol. The monoisotopic (exact) mass is 406 g/mol. The highest BCUT2D eigenvalue weighted by atomic mass is 79.9. The van der Waals surface area contributed by atoms with Gasteiger partial charge in [0.1, 0.15) is 0 Å². The first-order valence-electron chi connectivity index (χ1n) is 8.16. The molecule has 2 rings (SSSR count). The average Bonchev–Trinajstić information content (AvgIpc) is 2.84. The van der Waals surface area contributed by atoms with Crippen LogP contribution in [0.1, 0.15) is 44.6 Å². The molecule has 5 nitrogen and oxygen atoms in total. The number of halogens is 1. The lowest BCUT2D eigenvalue weighted by atomic mass is 10.1. The topological polar surface area (TPSA) is 62.4 Å². The van der Waals surface area contributed by atoms with Crippen molar-refractivity contribution in [1.82, 2.24) is 9.88 Å². The Kier molecular flexibility index (Phi) is 6.56. The standard InChI is InChI=1S/C19H23BrN2O3/c1-5-25-19(24)17-12(2)18(21-13(17)3)16(23)11-22(4)10-14-6-8-15(20)9-7-14/h6-9,21H,5,10-11H2,1-4H3. The Morgan fingerprint density at radius 1 is 1.20 bits per heavy atom. The van der Waals surface area contributed by atoms with Crippen LogP contribution in [0.3, 0.4) is 0 Å². The number of ether oxygens (including phenoxy) is 1. The van der Waals surface area contributed by atoms with Gasteiger partial charge < -0.3 is 9.72 Å². The quantitative estimate of drug-likeness (QED) is 0.559. The first-order valence-corrected chi connectivity index (χ1v) is 8.95. The number of hydrogen-bond acceptors (Lipinski definition) is 4. The van der Waals surface area contributed by atoms with Gasteiger partial charge in [0.2, 0.25) is 0 Å². The lowest BCUT2D eigenvalue weighted by Gasteiger charge is -2.15. The second-order valence-corrected chi connectivity index (χ2v) is 6.98. The second kappa shape index (κ2) is 8.45. The highest BCUT2D eigenvalue weighted by Gasteiger charge is 2.23. The van der Waals surface area contributed by atoms with E-state index in [4.69, 9.17) is 4.74 Å². The van der Waals surface area contributed by atoms with E-state index in [1.54, 1.807) is 20.8 Å². The Hall–Kier alpha value is -1.92. The van der Waals surface area contributed by atoms with Gasteiger partial charge in [-0.1, -0.05) is 28.1 Å². The van der Waals surface area contributed by atoms with Crippen LogP contribution in [-0.4, -0.2) is 41.8 Å². The van der Waals surface area contributed by atoms with Crippen molar-refractivity contribution >= 4 is 27.7 Å². The lowest BCUT2D eigenvalue weighted by Crippen LogP contribution is -2.26. The number of benzene rings is 1. The van der Waals surface area contributed by atoms with Gasteiger partial charge in [-0.25, -0.2) is 4.79 Å². The Balaban J connectivity index is 2.09. The molecule has 0 aliphatic rings. The van der Waals surface area contributed by atoms with Gasteiger partial charge in [-0.2, -0.15) is 0 Å². The molecule has 1 N–H and O–H groups in total. The summed E-state index contributed by atoms with van der Waals surface area (Å²) in [5, 5.41) is 0. The van der Waals surface area contributed by atoms with Crippen LogP contribution in [0.4, 0.5) is 0 Å². The van der Waals surface area contributed by atoms with E-state index in [2.05, 4.69) is 20.9 Å². The van der Waals surface area contributed by atoms with E-state index in [-0.39, 0.29) is 12.3 Å². The summed E-state index contributed by atoms with van der Waals surface area (Å²) < 4.78 is 6.09. The van der Waals surface area contributed by atoms with Crippen LogP contribution in [0.25, 0.3) is 0 Å². The van der Waals surface area contributed by atoms with Gasteiger partial charge in [0.15, 0.2) is 5.78 Å². The Morgan fingerprint density at radius 3 is 2.44 bits per heavy atom. The maximum Gasteiger partial charge on any atom is 0.340 e. The fraction of sp³-hybridized carbons (Fsp3) is 0.368. The molecular weight excluding hydrogens is 384 g/mol. The Labute approximate surface area is 156 Å². The molecule has 0 spiro atoms. The van der Waals surface area contributed by atoms with E-state index in [1.807, 2.05) is 36.2 Å². The highest BCUT2D eigenvalue weighted by molar-refractivity contribution is 9.10. The zero-order valence-corrected chi connectivity index (χ0v) is 16.6. The molecule has 1 aromatic carbocycles. The molecule has 0 fully saturated rings. The number of hydrogen-bond donors (Lipinski definition) is 1. The number of aromatic nitrogens is 1. The number of carbonyl (C=O) groups excluding carboxylic acids is 2. The third-order valence-electron chi connectivity index (χ3n) is 3.98. The van der Waals surface area contributed by atoms with Crippen LogP contribution >= 0.6 is 15.9 Å². The highest BCUT2D eigenvalue weighted by Crippen LogP contribution is 2.20. The van der Waals surface area contributed by atoms with E-state index in [1.165, 1.54) is 0 Å². The van der Waals surface area contributed by atoms with Crippen molar-refractivity contribution in [1.29, 1.82) is 0 Å². The number of nitrogens with one attached hydrogen (secondary N) is 1. The smallest absolute Gasteiger partial charge is 0.340 e. The molecule has 1 aromatic heterocycles. The molecule has 0 radical (unpaired) electrons. The van der Waals surface area contributed by atoms with Crippen LogP contribution in [0.2, 0.25) is 0 Å². The summed E-state index contributed by atoms with van der Waals surface area (Å²) in [6, 6.07) is 8.01. The minimum Gasteiger partial charge on any atom is -0.462 e. The second-order valence-electron chi connectivity index (χ2n) is 6.07. The third kappa shape index (κ3) is 4.80. The zero-order valence-electron chi connectivity index (χ0n) is 15.0. The number of aryl methyl sites for hydroxylation is 1. The van der Waals surface area contributed by atoms with Crippen molar-refractivity contribution in [3.05, 3.63) is 56.8 Å². The molecule has 0 aliphatic heterocycles. The summed E-state index contributed by atoms with van der Waals surface area (Å²) in [7, 11) is 1.90. The summed E-state index contributed by atoms with van der Waals surface area (Å²) in [6.07, 6.45) is 0. The molecule has 0 saturated heterocycles. The summed E-state index contributed by atoms with van der Waals surface area (Å²) in [6.45, 7) is 6.56. The molecule has 0 aliphatic carbocycles. The molecule has 1 heterocycles. The van der Waals surface area contributed by atoms with Gasteiger partial charge >= 0.3 is 5.97 Å².